The summed E-state index contributed by atoms with van der Waals surface area (Å²) in [7, 11) is 0. The van der Waals surface area contributed by atoms with E-state index in [0.29, 0.717) is 0 Å². The zero-order valence-corrected chi connectivity index (χ0v) is 14.2. The maximum atomic E-state index is 6.19. The molecule has 0 radical (unpaired) electrons. The number of rotatable bonds is 3. The van der Waals surface area contributed by atoms with Gasteiger partial charge in [0, 0.05) is 17.1 Å². The molecule has 0 N–H and O–H groups in total. The number of hydrogen-bond donors (Lipinski definition) is 0. The van der Waals surface area contributed by atoms with E-state index in [1.54, 1.807) is 0 Å². The van der Waals surface area contributed by atoms with Gasteiger partial charge >= 0.3 is 0 Å². The first-order valence-electron chi connectivity index (χ1n) is 7.98. The maximum Gasteiger partial charge on any atom is 0.141 e. The minimum Gasteiger partial charge on any atom is -0.319 e. The van der Waals surface area contributed by atoms with Gasteiger partial charge in [-0.1, -0.05) is 60.1 Å². The van der Waals surface area contributed by atoms with Crippen molar-refractivity contribution in [2.75, 3.05) is 0 Å². The Balaban J connectivity index is 1.92. The lowest BCUT2D eigenvalue weighted by molar-refractivity contribution is 0.828. The predicted octanol–water partition coefficient (Wildman–Crippen LogP) is 5.71. The molecule has 4 rings (SSSR count). The van der Waals surface area contributed by atoms with E-state index in [1.807, 2.05) is 24.3 Å². The Morgan fingerprint density at radius 3 is 2.54 bits per heavy atom. The van der Waals surface area contributed by atoms with Crippen molar-refractivity contribution < 1.29 is 0 Å². The Morgan fingerprint density at radius 2 is 1.71 bits per heavy atom. The molecule has 3 aromatic carbocycles. The number of imidazole rings is 1. The number of hydrogen-bond acceptors (Lipinski definition) is 1. The van der Waals surface area contributed by atoms with Gasteiger partial charge < -0.3 is 4.57 Å². The van der Waals surface area contributed by atoms with E-state index in [0.717, 1.165) is 34.0 Å². The monoisotopic (exact) mass is 332 g/mol. The fourth-order valence-electron chi connectivity index (χ4n) is 3.04. The number of halogens is 1. The van der Waals surface area contributed by atoms with Gasteiger partial charge in [0.25, 0.3) is 0 Å². The van der Waals surface area contributed by atoms with E-state index in [9.17, 15) is 0 Å². The van der Waals surface area contributed by atoms with Gasteiger partial charge in [-0.3, -0.25) is 0 Å². The van der Waals surface area contributed by atoms with Crippen LogP contribution in [0.15, 0.2) is 72.8 Å². The summed E-state index contributed by atoms with van der Waals surface area (Å²) in [6.07, 6.45) is 0. The number of benzene rings is 3. The molecule has 0 aliphatic carbocycles. The van der Waals surface area contributed by atoms with Gasteiger partial charge in [0.2, 0.25) is 0 Å². The molecule has 0 atom stereocenters. The Kier molecular flexibility index (Phi) is 3.83. The van der Waals surface area contributed by atoms with Gasteiger partial charge in [-0.05, 0) is 42.3 Å². The van der Waals surface area contributed by atoms with Crippen molar-refractivity contribution in [1.82, 2.24) is 9.55 Å². The first-order chi connectivity index (χ1) is 11.7. The Labute approximate surface area is 146 Å². The van der Waals surface area contributed by atoms with E-state index in [-0.39, 0.29) is 0 Å². The normalized spacial score (nSPS) is 11.1. The van der Waals surface area contributed by atoms with Crippen LogP contribution in [0.4, 0.5) is 0 Å². The average Bonchev–Trinajstić information content (AvgIpc) is 2.96. The molecular formula is C21H17ClN2. The van der Waals surface area contributed by atoms with Crippen LogP contribution in [0.25, 0.3) is 22.4 Å². The molecular weight excluding hydrogens is 316 g/mol. The topological polar surface area (TPSA) is 17.8 Å². The lowest BCUT2D eigenvalue weighted by atomic mass is 10.1. The first-order valence-corrected chi connectivity index (χ1v) is 8.36. The quantitative estimate of drug-likeness (QED) is 0.469. The van der Waals surface area contributed by atoms with Crippen molar-refractivity contribution in [3.05, 3.63) is 88.9 Å². The number of aromatic nitrogens is 2. The Bertz CT molecular complexity index is 1020. The van der Waals surface area contributed by atoms with Gasteiger partial charge in [-0.15, -0.1) is 0 Å². The zero-order valence-electron chi connectivity index (χ0n) is 13.4. The summed E-state index contributed by atoms with van der Waals surface area (Å²) in [4.78, 5) is 4.85. The molecule has 24 heavy (non-hydrogen) atoms. The van der Waals surface area contributed by atoms with E-state index in [4.69, 9.17) is 16.6 Å². The highest BCUT2D eigenvalue weighted by atomic mass is 35.5. The summed E-state index contributed by atoms with van der Waals surface area (Å²) in [6.45, 7) is 2.93. The first kappa shape index (κ1) is 15.0. The van der Waals surface area contributed by atoms with Crippen molar-refractivity contribution >= 4 is 22.6 Å². The molecule has 0 bridgehead atoms. The second-order valence-electron chi connectivity index (χ2n) is 5.95. The Hall–Kier alpha value is -2.58. The number of para-hydroxylation sites is 2. The highest BCUT2D eigenvalue weighted by molar-refractivity contribution is 6.30. The van der Waals surface area contributed by atoms with Crippen LogP contribution >= 0.6 is 11.6 Å². The van der Waals surface area contributed by atoms with Crippen molar-refractivity contribution in [2.45, 2.75) is 13.5 Å². The number of fused-ring (bicyclic) bond motifs is 1. The van der Waals surface area contributed by atoms with Gasteiger partial charge in [-0.25, -0.2) is 4.98 Å². The van der Waals surface area contributed by atoms with Gasteiger partial charge in [0.05, 0.1) is 11.0 Å². The number of nitrogens with zero attached hydrogens (tertiary/aromatic N) is 2. The third-order valence-corrected chi connectivity index (χ3v) is 4.56. The molecule has 0 saturated heterocycles. The van der Waals surface area contributed by atoms with Gasteiger partial charge in [0.15, 0.2) is 0 Å². The lowest BCUT2D eigenvalue weighted by Crippen LogP contribution is -2.03. The van der Waals surface area contributed by atoms with Crippen LogP contribution in [0.1, 0.15) is 11.1 Å². The predicted molar refractivity (Wildman–Crippen MR) is 100 cm³/mol. The molecule has 118 valence electrons. The maximum absolute atomic E-state index is 6.19. The average molecular weight is 333 g/mol. The van der Waals surface area contributed by atoms with E-state index in [1.165, 1.54) is 11.1 Å². The molecule has 0 aliphatic rings. The van der Waals surface area contributed by atoms with Crippen molar-refractivity contribution in [1.29, 1.82) is 0 Å². The van der Waals surface area contributed by atoms with Crippen LogP contribution in [0.5, 0.6) is 0 Å². The van der Waals surface area contributed by atoms with Crippen molar-refractivity contribution in [3.8, 4) is 11.4 Å². The van der Waals surface area contributed by atoms with Gasteiger partial charge in [0.1, 0.15) is 5.82 Å². The lowest BCUT2D eigenvalue weighted by Gasteiger charge is -2.12. The molecule has 3 heteroatoms. The fraction of sp³-hybridized carbons (Fsp3) is 0.0952. The summed E-state index contributed by atoms with van der Waals surface area (Å²) in [5, 5.41) is 0.724. The smallest absolute Gasteiger partial charge is 0.141 e. The van der Waals surface area contributed by atoms with Crippen LogP contribution in [-0.4, -0.2) is 9.55 Å². The van der Waals surface area contributed by atoms with Crippen LogP contribution in [0, 0.1) is 6.92 Å². The third kappa shape index (κ3) is 2.70. The summed E-state index contributed by atoms with van der Waals surface area (Å²) in [6, 6.07) is 24.6. The third-order valence-electron chi connectivity index (χ3n) is 4.33. The summed E-state index contributed by atoms with van der Waals surface area (Å²) < 4.78 is 2.27. The summed E-state index contributed by atoms with van der Waals surface area (Å²) >= 11 is 6.19. The molecule has 1 heterocycles. The van der Waals surface area contributed by atoms with E-state index >= 15 is 0 Å². The minimum atomic E-state index is 0.724. The molecule has 0 unspecified atom stereocenters. The van der Waals surface area contributed by atoms with Crippen LogP contribution in [0.3, 0.4) is 0 Å². The van der Waals surface area contributed by atoms with Gasteiger partial charge in [-0.2, -0.15) is 0 Å². The van der Waals surface area contributed by atoms with Crippen LogP contribution in [0.2, 0.25) is 5.02 Å². The summed E-state index contributed by atoms with van der Waals surface area (Å²) in [5.74, 6) is 0.946. The summed E-state index contributed by atoms with van der Waals surface area (Å²) in [5.41, 5.74) is 5.75. The zero-order chi connectivity index (χ0) is 16.5. The molecule has 0 saturated carbocycles. The second kappa shape index (κ2) is 6.14. The number of aryl methyl sites for hydroxylation is 1. The van der Waals surface area contributed by atoms with E-state index < -0.39 is 0 Å². The molecule has 1 aromatic heterocycles. The molecule has 0 fully saturated rings. The van der Waals surface area contributed by atoms with E-state index in [2.05, 4.69) is 60.0 Å². The molecule has 0 amide bonds. The second-order valence-corrected chi connectivity index (χ2v) is 6.38. The largest absolute Gasteiger partial charge is 0.319 e. The van der Waals surface area contributed by atoms with Crippen molar-refractivity contribution in [2.24, 2.45) is 0 Å². The van der Waals surface area contributed by atoms with Crippen molar-refractivity contribution in [3.63, 3.8) is 0 Å². The highest BCUT2D eigenvalue weighted by Gasteiger charge is 2.13. The highest BCUT2D eigenvalue weighted by Crippen LogP contribution is 2.28. The van der Waals surface area contributed by atoms with Crippen LogP contribution in [-0.2, 0) is 6.54 Å². The standard InChI is InChI=1S/C21H17ClN2/c1-15-7-2-3-8-17(15)14-24-20-12-5-4-11-19(20)23-21(24)16-9-6-10-18(22)13-16/h2-13H,14H2,1H3. The minimum absolute atomic E-state index is 0.724. The SMILES string of the molecule is Cc1ccccc1Cn1c(-c2cccc(Cl)c2)nc2ccccc21. The fourth-order valence-corrected chi connectivity index (χ4v) is 3.23. The molecule has 0 aliphatic heterocycles. The molecule has 4 aromatic rings. The van der Waals surface area contributed by atoms with Crippen LogP contribution < -0.4 is 0 Å². The molecule has 0 spiro atoms. The Morgan fingerprint density at radius 1 is 0.917 bits per heavy atom. The molecule has 2 nitrogen and oxygen atoms in total.